The van der Waals surface area contributed by atoms with Crippen LogP contribution < -0.4 is 11.5 Å². The summed E-state index contributed by atoms with van der Waals surface area (Å²) in [5.74, 6) is 0.776. The van der Waals surface area contributed by atoms with Crippen LogP contribution in [0.25, 0.3) is 0 Å². The first-order valence-corrected chi connectivity index (χ1v) is 3.95. The summed E-state index contributed by atoms with van der Waals surface area (Å²) < 4.78 is 0. The van der Waals surface area contributed by atoms with Crippen LogP contribution in [0.4, 0.5) is 0 Å². The minimum atomic E-state index is 0. The summed E-state index contributed by atoms with van der Waals surface area (Å²) >= 11 is 0. The predicted octanol–water partition coefficient (Wildman–Crippen LogP) is 1.17. The molecule has 0 aromatic carbocycles. The van der Waals surface area contributed by atoms with Crippen LogP contribution in [0.5, 0.6) is 0 Å². The van der Waals surface area contributed by atoms with E-state index in [-0.39, 0.29) is 11.9 Å². The van der Waals surface area contributed by atoms with Crippen molar-refractivity contribution in [1.82, 2.24) is 11.5 Å². The van der Waals surface area contributed by atoms with Gasteiger partial charge in [0.2, 0.25) is 0 Å². The van der Waals surface area contributed by atoms with Crippen LogP contribution in [0.2, 0.25) is 0 Å². The van der Waals surface area contributed by atoms with E-state index in [9.17, 15) is 4.79 Å². The van der Waals surface area contributed by atoms with E-state index in [2.05, 4.69) is 12.2 Å². The lowest BCUT2D eigenvalue weighted by Crippen LogP contribution is -2.08. The van der Waals surface area contributed by atoms with Crippen LogP contribution in [0.3, 0.4) is 0 Å². The quantitative estimate of drug-likeness (QED) is 0.567. The van der Waals surface area contributed by atoms with Gasteiger partial charge in [-0.1, -0.05) is 6.92 Å². The van der Waals surface area contributed by atoms with Gasteiger partial charge in [0.1, 0.15) is 0 Å². The molecule has 0 spiro atoms. The molecule has 1 aliphatic heterocycles. The van der Waals surface area contributed by atoms with Crippen molar-refractivity contribution < 1.29 is 4.79 Å². The third-order valence-electron chi connectivity index (χ3n) is 2.34. The van der Waals surface area contributed by atoms with Gasteiger partial charge in [-0.2, -0.15) is 0 Å². The Morgan fingerprint density at radius 2 is 2.25 bits per heavy atom. The molecule has 0 aromatic rings. The fourth-order valence-corrected chi connectivity index (χ4v) is 1.62. The lowest BCUT2D eigenvalue weighted by atomic mass is 9.94. The molecule has 12 heavy (non-hydrogen) atoms. The highest BCUT2D eigenvalue weighted by molar-refractivity contribution is 5.93. The molecule has 2 rings (SSSR count). The summed E-state index contributed by atoms with van der Waals surface area (Å²) in [5, 5.41) is 3.27. The van der Waals surface area contributed by atoms with Crippen molar-refractivity contribution in [3.8, 4) is 0 Å². The van der Waals surface area contributed by atoms with E-state index in [1.165, 1.54) is 11.3 Å². The molecular weight excluding hydrogens is 152 g/mol. The second kappa shape index (κ2) is 3.11. The van der Waals surface area contributed by atoms with Crippen molar-refractivity contribution in [3.05, 3.63) is 23.4 Å². The zero-order chi connectivity index (χ0) is 7.84. The van der Waals surface area contributed by atoms with E-state index in [0.717, 1.165) is 6.54 Å². The SMILES string of the molecule is CC1CNC2=C1CC(=O)C=C2.N. The predicted molar refractivity (Wildman–Crippen MR) is 48.0 cm³/mol. The van der Waals surface area contributed by atoms with Gasteiger partial charge in [-0.25, -0.2) is 0 Å². The molecule has 1 heterocycles. The molecule has 4 N–H and O–H groups in total. The summed E-state index contributed by atoms with van der Waals surface area (Å²) in [4.78, 5) is 11.0. The molecule has 0 saturated heterocycles. The van der Waals surface area contributed by atoms with Crippen molar-refractivity contribution >= 4 is 5.78 Å². The Bertz CT molecular complexity index is 266. The molecule has 0 saturated carbocycles. The lowest BCUT2D eigenvalue weighted by molar-refractivity contribution is -0.114. The summed E-state index contributed by atoms with van der Waals surface area (Å²) in [5.41, 5.74) is 2.47. The van der Waals surface area contributed by atoms with E-state index in [1.54, 1.807) is 6.08 Å². The summed E-state index contributed by atoms with van der Waals surface area (Å²) in [6, 6.07) is 0. The average molecular weight is 166 g/mol. The second-order valence-corrected chi connectivity index (χ2v) is 3.20. The van der Waals surface area contributed by atoms with Crippen LogP contribution in [0, 0.1) is 5.92 Å². The Morgan fingerprint density at radius 1 is 1.50 bits per heavy atom. The zero-order valence-corrected chi connectivity index (χ0v) is 7.26. The average Bonchev–Trinajstić information content (AvgIpc) is 2.33. The molecule has 0 bridgehead atoms. The number of hydrogen-bond donors (Lipinski definition) is 2. The highest BCUT2D eigenvalue weighted by atomic mass is 16.1. The number of rotatable bonds is 0. The monoisotopic (exact) mass is 166 g/mol. The Kier molecular flexibility index (Phi) is 2.33. The molecule has 1 unspecified atom stereocenters. The van der Waals surface area contributed by atoms with Gasteiger partial charge in [0.25, 0.3) is 0 Å². The second-order valence-electron chi connectivity index (χ2n) is 3.20. The van der Waals surface area contributed by atoms with Gasteiger partial charge in [-0.15, -0.1) is 0 Å². The maximum Gasteiger partial charge on any atom is 0.159 e. The van der Waals surface area contributed by atoms with E-state index in [0.29, 0.717) is 12.3 Å². The minimum absolute atomic E-state index is 0. The summed E-state index contributed by atoms with van der Waals surface area (Å²) in [6.45, 7) is 3.14. The van der Waals surface area contributed by atoms with Gasteiger partial charge in [-0.3, -0.25) is 4.79 Å². The molecule has 66 valence electrons. The number of hydrogen-bond acceptors (Lipinski definition) is 3. The van der Waals surface area contributed by atoms with Crippen LogP contribution >= 0.6 is 0 Å². The number of nitrogens with one attached hydrogen (secondary N) is 1. The van der Waals surface area contributed by atoms with Crippen molar-refractivity contribution in [3.63, 3.8) is 0 Å². The maximum absolute atomic E-state index is 11.0. The highest BCUT2D eigenvalue weighted by Crippen LogP contribution is 2.26. The fourth-order valence-electron chi connectivity index (χ4n) is 1.62. The van der Waals surface area contributed by atoms with Crippen molar-refractivity contribution in [2.75, 3.05) is 6.54 Å². The molecule has 3 nitrogen and oxygen atoms in total. The minimum Gasteiger partial charge on any atom is -0.384 e. The summed E-state index contributed by atoms with van der Waals surface area (Å²) in [6.07, 6.45) is 4.18. The van der Waals surface area contributed by atoms with Gasteiger partial charge < -0.3 is 11.5 Å². The number of carbonyl (C=O) groups is 1. The number of carbonyl (C=O) groups excluding carboxylic acids is 1. The fraction of sp³-hybridized carbons (Fsp3) is 0.444. The zero-order valence-electron chi connectivity index (χ0n) is 7.26. The van der Waals surface area contributed by atoms with Crippen molar-refractivity contribution in [2.45, 2.75) is 13.3 Å². The largest absolute Gasteiger partial charge is 0.384 e. The van der Waals surface area contributed by atoms with E-state index < -0.39 is 0 Å². The number of ketones is 1. The first kappa shape index (κ1) is 9.00. The molecule has 0 aromatic heterocycles. The van der Waals surface area contributed by atoms with Crippen LogP contribution in [0.15, 0.2) is 23.4 Å². The lowest BCUT2D eigenvalue weighted by Gasteiger charge is -2.08. The van der Waals surface area contributed by atoms with Crippen molar-refractivity contribution in [2.24, 2.45) is 5.92 Å². The van der Waals surface area contributed by atoms with Gasteiger partial charge in [0.15, 0.2) is 5.78 Å². The first-order valence-electron chi connectivity index (χ1n) is 3.95. The van der Waals surface area contributed by atoms with Crippen LogP contribution in [0.1, 0.15) is 13.3 Å². The molecule has 2 aliphatic rings. The Hall–Kier alpha value is -1.09. The molecule has 0 fully saturated rings. The Balaban J connectivity index is 0.000000720. The van der Waals surface area contributed by atoms with Gasteiger partial charge in [0, 0.05) is 18.7 Å². The van der Waals surface area contributed by atoms with E-state index in [4.69, 9.17) is 0 Å². The van der Waals surface area contributed by atoms with Crippen molar-refractivity contribution in [1.29, 1.82) is 0 Å². The van der Waals surface area contributed by atoms with Gasteiger partial charge in [-0.05, 0) is 23.6 Å². The standard InChI is InChI=1S/C9H11NO.H3N/c1-6-5-10-9-3-2-7(11)4-8(6)9;/h2-3,6,10H,4-5H2,1H3;1H3. The molecule has 1 atom stereocenters. The number of allylic oxidation sites excluding steroid dienone is 2. The third-order valence-corrected chi connectivity index (χ3v) is 2.34. The first-order chi connectivity index (χ1) is 5.27. The normalized spacial score (nSPS) is 26.4. The molecule has 0 radical (unpaired) electrons. The summed E-state index contributed by atoms with van der Waals surface area (Å²) in [7, 11) is 0. The third kappa shape index (κ3) is 1.28. The molecule has 1 aliphatic carbocycles. The smallest absolute Gasteiger partial charge is 0.159 e. The molecule has 0 amide bonds. The highest BCUT2D eigenvalue weighted by Gasteiger charge is 2.23. The van der Waals surface area contributed by atoms with E-state index in [1.807, 2.05) is 6.08 Å². The topological polar surface area (TPSA) is 64.1 Å². The van der Waals surface area contributed by atoms with Gasteiger partial charge >= 0.3 is 0 Å². The Labute approximate surface area is 72.1 Å². The van der Waals surface area contributed by atoms with E-state index >= 15 is 0 Å². The molecular formula is C9H14N2O. The maximum atomic E-state index is 11.0. The van der Waals surface area contributed by atoms with Gasteiger partial charge in [0.05, 0.1) is 0 Å². The van der Waals surface area contributed by atoms with Crippen LogP contribution in [-0.2, 0) is 4.79 Å². The van der Waals surface area contributed by atoms with Crippen LogP contribution in [-0.4, -0.2) is 12.3 Å². The Morgan fingerprint density at radius 3 is 3.00 bits per heavy atom. The molecule has 3 heteroatoms.